The third kappa shape index (κ3) is 2.87. The van der Waals surface area contributed by atoms with Crippen LogP contribution in [0, 0.1) is 0 Å². The maximum Gasteiger partial charge on any atom is 0.426 e. The van der Waals surface area contributed by atoms with Crippen molar-refractivity contribution in [3.63, 3.8) is 0 Å². The Bertz CT molecular complexity index is 176. The molecule has 10 heavy (non-hydrogen) atoms. The standard InChI is InChI=1S/H6N2O6P2/c1-2(9(3,4)5)10(6,7)8/h1H2,(H2,3,4,5)(H2,6,7,8). The summed E-state index contributed by atoms with van der Waals surface area (Å²) in [4.78, 5) is 32.2. The molecule has 0 aromatic rings. The average Bonchev–Trinajstić information content (AvgIpc) is 1.59. The van der Waals surface area contributed by atoms with Crippen molar-refractivity contribution in [3.8, 4) is 0 Å². The van der Waals surface area contributed by atoms with Crippen LogP contribution in [0.5, 0.6) is 0 Å². The number of nitrogens with two attached hydrogens (primary N) is 1. The van der Waals surface area contributed by atoms with E-state index in [1.807, 2.05) is 0 Å². The number of hydrogen-bond donors (Lipinski definition) is 5. The van der Waals surface area contributed by atoms with Crippen molar-refractivity contribution < 1.29 is 28.7 Å². The summed E-state index contributed by atoms with van der Waals surface area (Å²) in [6, 6.07) is 0. The molecule has 62 valence electrons. The smallest absolute Gasteiger partial charge is 0.311 e. The van der Waals surface area contributed by atoms with Crippen LogP contribution in [0.3, 0.4) is 0 Å². The number of nitrogens with zero attached hydrogens (tertiary/aromatic N) is 1. The molecule has 0 bridgehead atoms. The lowest BCUT2D eigenvalue weighted by molar-refractivity contribution is 0.271. The highest BCUT2D eigenvalue weighted by Crippen LogP contribution is 2.54. The van der Waals surface area contributed by atoms with Gasteiger partial charge in [-0.15, -0.1) is 0 Å². The Morgan fingerprint density at radius 3 is 1.20 bits per heavy atom. The van der Waals surface area contributed by atoms with Crippen molar-refractivity contribution in [1.29, 1.82) is 0 Å². The van der Waals surface area contributed by atoms with Crippen LogP contribution in [0.25, 0.3) is 0 Å². The van der Waals surface area contributed by atoms with Gasteiger partial charge in [0.1, 0.15) is 0 Å². The predicted octanol–water partition coefficient (Wildman–Crippen LogP) is -1.65. The van der Waals surface area contributed by atoms with Gasteiger partial charge in [-0.2, -0.15) is 0 Å². The van der Waals surface area contributed by atoms with Crippen LogP contribution in [0.4, 0.5) is 0 Å². The van der Waals surface area contributed by atoms with Gasteiger partial charge < -0.3 is 19.6 Å². The molecular formula is H6N2O6P2. The number of rotatable bonds is 2. The summed E-state index contributed by atoms with van der Waals surface area (Å²) in [5, 5.41) is 0. The molecule has 10 heteroatoms. The quantitative estimate of drug-likeness (QED) is 0.199. The lowest BCUT2D eigenvalue weighted by Crippen LogP contribution is -2.23. The van der Waals surface area contributed by atoms with Crippen LogP contribution in [-0.2, 0) is 9.13 Å². The monoisotopic (exact) mass is 192 g/mol. The second kappa shape index (κ2) is 2.69. The van der Waals surface area contributed by atoms with Crippen molar-refractivity contribution in [3.05, 3.63) is 0 Å². The van der Waals surface area contributed by atoms with Crippen LogP contribution in [-0.4, -0.2) is 24.1 Å². The van der Waals surface area contributed by atoms with E-state index in [2.05, 4.69) is 5.84 Å². The molecule has 0 heterocycles. The van der Waals surface area contributed by atoms with Gasteiger partial charge in [-0.25, -0.2) is 15.0 Å². The fraction of sp³-hybridized carbons (Fsp3) is 0. The molecule has 0 aromatic heterocycles. The van der Waals surface area contributed by atoms with Gasteiger partial charge >= 0.3 is 15.5 Å². The van der Waals surface area contributed by atoms with Gasteiger partial charge in [0.05, 0.1) is 0 Å². The van der Waals surface area contributed by atoms with E-state index in [1.54, 1.807) is 0 Å². The Balaban J connectivity index is 4.56. The van der Waals surface area contributed by atoms with Gasteiger partial charge in [0.25, 0.3) is 0 Å². The summed E-state index contributed by atoms with van der Waals surface area (Å²) in [5.41, 5.74) is 0. The minimum absolute atomic E-state index is 0.792. The molecule has 0 aromatic carbocycles. The molecule has 0 rings (SSSR count). The van der Waals surface area contributed by atoms with Gasteiger partial charge in [-0.05, 0) is 4.55 Å². The van der Waals surface area contributed by atoms with E-state index in [4.69, 9.17) is 19.6 Å². The zero-order valence-electron chi connectivity index (χ0n) is 4.52. The summed E-state index contributed by atoms with van der Waals surface area (Å²) in [6.45, 7) is 0. The maximum absolute atomic E-state index is 9.98. The minimum Gasteiger partial charge on any atom is -0.311 e. The highest BCUT2D eigenvalue weighted by Gasteiger charge is 2.36. The first-order valence-electron chi connectivity index (χ1n) is 1.82. The molecule has 0 aliphatic rings. The predicted molar refractivity (Wildman–Crippen MR) is 30.1 cm³/mol. The van der Waals surface area contributed by atoms with Gasteiger partial charge in [0.15, 0.2) is 0 Å². The Morgan fingerprint density at radius 2 is 1.20 bits per heavy atom. The third-order valence-electron chi connectivity index (χ3n) is 0.534. The SMILES string of the molecule is NN(P(=O)(O)O)P(=O)(O)O. The largest absolute Gasteiger partial charge is 0.426 e. The molecule has 8 nitrogen and oxygen atoms in total. The first kappa shape index (κ1) is 10.2. The van der Waals surface area contributed by atoms with Crippen molar-refractivity contribution in [2.24, 2.45) is 5.84 Å². The Morgan fingerprint density at radius 1 is 1.00 bits per heavy atom. The molecule has 0 amide bonds. The Kier molecular flexibility index (Phi) is 2.75. The topological polar surface area (TPSA) is 144 Å². The minimum atomic E-state index is -5.03. The summed E-state index contributed by atoms with van der Waals surface area (Å²) >= 11 is 0. The molecule has 0 aliphatic carbocycles. The van der Waals surface area contributed by atoms with E-state index in [0.717, 1.165) is 0 Å². The van der Waals surface area contributed by atoms with Gasteiger partial charge in [-0.1, -0.05) is 0 Å². The molecule has 0 saturated carbocycles. The fourth-order valence-electron chi connectivity index (χ4n) is 0.152. The molecule has 0 spiro atoms. The van der Waals surface area contributed by atoms with Crippen molar-refractivity contribution in [1.82, 2.24) is 4.55 Å². The first-order chi connectivity index (χ1) is 4.15. The fourth-order valence-corrected chi connectivity index (χ4v) is 1.37. The summed E-state index contributed by atoms with van der Waals surface area (Å²) in [6.07, 6.45) is 0. The first-order valence-corrected chi connectivity index (χ1v) is 4.95. The zero-order valence-corrected chi connectivity index (χ0v) is 6.31. The number of hydrazine groups is 1. The average molecular weight is 192 g/mol. The highest BCUT2D eigenvalue weighted by atomic mass is 31.3. The highest BCUT2D eigenvalue weighted by molar-refractivity contribution is 7.64. The van der Waals surface area contributed by atoms with Crippen LogP contribution in [0.2, 0.25) is 0 Å². The molecular weight excluding hydrogens is 186 g/mol. The molecule has 0 unspecified atom stereocenters. The third-order valence-corrected chi connectivity index (χ3v) is 3.00. The summed E-state index contributed by atoms with van der Waals surface area (Å²) < 4.78 is 19.2. The number of hydrogen-bond acceptors (Lipinski definition) is 3. The van der Waals surface area contributed by atoms with Crippen LogP contribution >= 0.6 is 15.5 Å². The van der Waals surface area contributed by atoms with E-state index >= 15 is 0 Å². The maximum atomic E-state index is 9.98. The molecule has 0 atom stereocenters. The molecule has 6 N–H and O–H groups in total. The summed E-state index contributed by atoms with van der Waals surface area (Å²) in [7, 11) is -10.1. The van der Waals surface area contributed by atoms with E-state index < -0.39 is 20.0 Å². The Labute approximate surface area is 55.7 Å². The molecule has 0 saturated heterocycles. The van der Waals surface area contributed by atoms with E-state index in [0.29, 0.717) is 0 Å². The molecule has 0 radical (unpaired) electrons. The van der Waals surface area contributed by atoms with E-state index in [9.17, 15) is 9.13 Å². The second-order valence-electron chi connectivity index (χ2n) is 1.35. The van der Waals surface area contributed by atoms with Crippen LogP contribution < -0.4 is 5.84 Å². The van der Waals surface area contributed by atoms with E-state index in [1.165, 1.54) is 0 Å². The second-order valence-corrected chi connectivity index (χ2v) is 4.58. The van der Waals surface area contributed by atoms with Gasteiger partial charge in [0.2, 0.25) is 0 Å². The van der Waals surface area contributed by atoms with Crippen molar-refractivity contribution >= 4 is 15.5 Å². The van der Waals surface area contributed by atoms with Crippen molar-refractivity contribution in [2.75, 3.05) is 0 Å². The zero-order chi connectivity index (χ0) is 8.58. The van der Waals surface area contributed by atoms with Crippen LogP contribution in [0.15, 0.2) is 0 Å². The molecule has 0 aliphatic heterocycles. The van der Waals surface area contributed by atoms with Gasteiger partial charge in [0, 0.05) is 0 Å². The van der Waals surface area contributed by atoms with Gasteiger partial charge in [-0.3, -0.25) is 0 Å². The Hall–Kier alpha value is 0.220. The van der Waals surface area contributed by atoms with E-state index in [-0.39, 0.29) is 0 Å². The lowest BCUT2D eigenvalue weighted by atomic mass is 12.9. The normalized spacial score (nSPS) is 14.2. The van der Waals surface area contributed by atoms with Crippen molar-refractivity contribution in [2.45, 2.75) is 0 Å². The van der Waals surface area contributed by atoms with Crippen LogP contribution in [0.1, 0.15) is 0 Å². The molecule has 0 fully saturated rings. The lowest BCUT2D eigenvalue weighted by Gasteiger charge is -2.16. The summed E-state index contributed by atoms with van der Waals surface area (Å²) in [5.74, 6) is 4.33.